The van der Waals surface area contributed by atoms with Gasteiger partial charge >= 0.3 is 0 Å². The monoisotopic (exact) mass is 334 g/mol. The molecule has 4 nitrogen and oxygen atoms in total. The Bertz CT molecular complexity index is 917. The van der Waals surface area contributed by atoms with Crippen LogP contribution in [0.2, 0.25) is 0 Å². The van der Waals surface area contributed by atoms with Crippen molar-refractivity contribution in [2.75, 3.05) is 0 Å². The molecular formula is C21H18O4. The number of hydrogen-bond acceptors (Lipinski definition) is 4. The van der Waals surface area contributed by atoms with Crippen LogP contribution in [0.4, 0.5) is 0 Å². The minimum atomic E-state index is -1.40. The average molecular weight is 334 g/mol. The normalized spacial score (nSPS) is 18.8. The van der Waals surface area contributed by atoms with Crippen molar-refractivity contribution in [1.29, 1.82) is 0 Å². The zero-order valence-electron chi connectivity index (χ0n) is 13.4. The van der Waals surface area contributed by atoms with E-state index in [4.69, 9.17) is 0 Å². The van der Waals surface area contributed by atoms with Crippen LogP contribution >= 0.6 is 0 Å². The average Bonchev–Trinajstić information content (AvgIpc) is 3.18. The van der Waals surface area contributed by atoms with Gasteiger partial charge in [-0.05, 0) is 52.1 Å². The van der Waals surface area contributed by atoms with E-state index in [1.54, 1.807) is 30.3 Å². The highest BCUT2D eigenvalue weighted by Gasteiger charge is 2.24. The third-order valence-electron chi connectivity index (χ3n) is 4.79. The van der Waals surface area contributed by atoms with E-state index in [1.165, 1.54) is 0 Å². The molecule has 0 heterocycles. The van der Waals surface area contributed by atoms with Gasteiger partial charge < -0.3 is 20.4 Å². The van der Waals surface area contributed by atoms with Crippen LogP contribution in [0.3, 0.4) is 0 Å². The predicted octanol–water partition coefficient (Wildman–Crippen LogP) is 3.57. The third kappa shape index (κ3) is 2.76. The molecule has 4 N–H and O–H groups in total. The van der Waals surface area contributed by atoms with Gasteiger partial charge in [0.1, 0.15) is 11.5 Å². The van der Waals surface area contributed by atoms with Gasteiger partial charge in [-0.2, -0.15) is 0 Å². The summed E-state index contributed by atoms with van der Waals surface area (Å²) in [7, 11) is 0. The number of rotatable bonds is 3. The maximum Gasteiger partial charge on any atom is 0.161 e. The van der Waals surface area contributed by atoms with E-state index in [2.05, 4.69) is 0 Å². The summed E-state index contributed by atoms with van der Waals surface area (Å²) in [5.74, 6) is 0.109. The molecule has 2 aliphatic rings. The molecule has 0 saturated carbocycles. The second-order valence-corrected chi connectivity index (χ2v) is 6.40. The summed E-state index contributed by atoms with van der Waals surface area (Å²) in [4.78, 5) is 0. The first-order chi connectivity index (χ1) is 12.0. The van der Waals surface area contributed by atoms with Crippen LogP contribution in [0.1, 0.15) is 34.6 Å². The molecule has 0 saturated heterocycles. The van der Waals surface area contributed by atoms with Crippen LogP contribution in [0.5, 0.6) is 5.75 Å². The lowest BCUT2D eigenvalue weighted by atomic mass is 9.95. The lowest BCUT2D eigenvalue weighted by Gasteiger charge is -2.14. The van der Waals surface area contributed by atoms with Crippen molar-refractivity contribution in [2.45, 2.75) is 18.6 Å². The van der Waals surface area contributed by atoms with Gasteiger partial charge in [0.2, 0.25) is 0 Å². The Labute approximate surface area is 145 Å². The van der Waals surface area contributed by atoms with E-state index in [0.717, 1.165) is 33.4 Å². The van der Waals surface area contributed by atoms with Gasteiger partial charge in [-0.3, -0.25) is 0 Å². The number of fused-ring (bicyclic) bond motifs is 1. The Morgan fingerprint density at radius 1 is 0.920 bits per heavy atom. The van der Waals surface area contributed by atoms with Crippen LogP contribution in [-0.4, -0.2) is 26.7 Å². The van der Waals surface area contributed by atoms with E-state index < -0.39 is 6.29 Å². The maximum absolute atomic E-state index is 10.3. The van der Waals surface area contributed by atoms with Crippen molar-refractivity contribution in [3.63, 3.8) is 0 Å². The summed E-state index contributed by atoms with van der Waals surface area (Å²) in [5, 5.41) is 38.6. The predicted molar refractivity (Wildman–Crippen MR) is 96.7 cm³/mol. The number of phenols is 1. The molecule has 2 aromatic rings. The maximum atomic E-state index is 10.3. The number of allylic oxidation sites excluding steroid dienone is 3. The van der Waals surface area contributed by atoms with Gasteiger partial charge in [0.25, 0.3) is 0 Å². The van der Waals surface area contributed by atoms with E-state index >= 15 is 0 Å². The van der Waals surface area contributed by atoms with E-state index in [0.29, 0.717) is 12.2 Å². The van der Waals surface area contributed by atoms with Crippen molar-refractivity contribution >= 4 is 17.2 Å². The molecule has 2 aliphatic carbocycles. The molecule has 0 aliphatic heterocycles. The van der Waals surface area contributed by atoms with Crippen molar-refractivity contribution in [3.8, 4) is 5.75 Å². The number of aromatic hydroxyl groups is 1. The Hall–Kier alpha value is -2.82. The molecule has 0 radical (unpaired) electrons. The lowest BCUT2D eigenvalue weighted by molar-refractivity contribution is -0.0490. The molecule has 0 fully saturated rings. The molecule has 2 aromatic carbocycles. The smallest absolute Gasteiger partial charge is 0.161 e. The molecule has 0 spiro atoms. The van der Waals surface area contributed by atoms with Crippen LogP contribution in [-0.2, 0) is 0 Å². The topological polar surface area (TPSA) is 80.9 Å². The summed E-state index contributed by atoms with van der Waals surface area (Å²) < 4.78 is 0. The summed E-state index contributed by atoms with van der Waals surface area (Å²) in [5.41, 5.74) is 5.48. The van der Waals surface area contributed by atoms with E-state index in [9.17, 15) is 20.4 Å². The molecule has 126 valence electrons. The van der Waals surface area contributed by atoms with Crippen molar-refractivity contribution in [1.82, 2.24) is 0 Å². The van der Waals surface area contributed by atoms with Gasteiger partial charge in [-0.1, -0.05) is 36.4 Å². The zero-order chi connectivity index (χ0) is 17.6. The summed E-state index contributed by atoms with van der Waals surface area (Å²) in [6.07, 6.45) is 4.69. The molecule has 4 heteroatoms. The highest BCUT2D eigenvalue weighted by atomic mass is 16.5. The number of phenolic OH excluding ortho intramolecular Hbond substituents is 1. The Kier molecular flexibility index (Phi) is 3.71. The van der Waals surface area contributed by atoms with Gasteiger partial charge in [0.15, 0.2) is 6.29 Å². The number of hydrogen-bond donors (Lipinski definition) is 4. The molecule has 25 heavy (non-hydrogen) atoms. The molecule has 0 bridgehead atoms. The summed E-state index contributed by atoms with van der Waals surface area (Å²) >= 11 is 0. The van der Waals surface area contributed by atoms with Crippen molar-refractivity contribution < 1.29 is 20.4 Å². The molecule has 0 amide bonds. The molecule has 1 atom stereocenters. The van der Waals surface area contributed by atoms with Crippen LogP contribution in [0.25, 0.3) is 17.2 Å². The standard InChI is InChI=1S/C21H18O4/c22-16-5-1-12(2-6-16)19-10-15(11-20(19)23)13-3-7-17-14(9-13)4-8-18(17)21(24)25/h1-10,18,21-25H,11H2. The fraction of sp³-hybridized carbons (Fsp3) is 0.143. The minimum absolute atomic E-state index is 0.192. The van der Waals surface area contributed by atoms with Crippen molar-refractivity contribution in [2.24, 2.45) is 0 Å². The summed E-state index contributed by atoms with van der Waals surface area (Å²) in [6, 6.07) is 12.6. The highest BCUT2D eigenvalue weighted by molar-refractivity contribution is 5.91. The number of benzene rings is 2. The fourth-order valence-electron chi connectivity index (χ4n) is 3.45. The molecule has 1 unspecified atom stereocenters. The first-order valence-electron chi connectivity index (χ1n) is 8.13. The quantitative estimate of drug-likeness (QED) is 0.647. The lowest BCUT2D eigenvalue weighted by Crippen LogP contribution is -2.14. The SMILES string of the molecule is OC1=C(c2ccc(O)cc2)C=C(c2ccc3c(c2)C=CC3C(O)O)C1. The van der Waals surface area contributed by atoms with Crippen LogP contribution < -0.4 is 0 Å². The van der Waals surface area contributed by atoms with E-state index in [-0.39, 0.29) is 11.7 Å². The first kappa shape index (κ1) is 15.7. The fourth-order valence-corrected chi connectivity index (χ4v) is 3.45. The third-order valence-corrected chi connectivity index (χ3v) is 4.79. The number of aliphatic hydroxyl groups excluding tert-OH is 2. The van der Waals surface area contributed by atoms with Gasteiger partial charge in [0, 0.05) is 12.0 Å². The van der Waals surface area contributed by atoms with Crippen LogP contribution in [0.15, 0.2) is 60.4 Å². The summed E-state index contributed by atoms with van der Waals surface area (Å²) in [6.45, 7) is 0. The van der Waals surface area contributed by atoms with Gasteiger partial charge in [-0.25, -0.2) is 0 Å². The Morgan fingerprint density at radius 3 is 2.36 bits per heavy atom. The molecular weight excluding hydrogens is 316 g/mol. The second-order valence-electron chi connectivity index (χ2n) is 6.40. The van der Waals surface area contributed by atoms with Gasteiger partial charge in [0.05, 0.1) is 5.92 Å². The largest absolute Gasteiger partial charge is 0.511 e. The number of aliphatic hydroxyl groups is 3. The van der Waals surface area contributed by atoms with E-state index in [1.807, 2.05) is 30.4 Å². The molecule has 0 aromatic heterocycles. The first-order valence-corrected chi connectivity index (χ1v) is 8.13. The van der Waals surface area contributed by atoms with Gasteiger partial charge in [-0.15, -0.1) is 0 Å². The highest BCUT2D eigenvalue weighted by Crippen LogP contribution is 2.39. The Morgan fingerprint density at radius 2 is 1.64 bits per heavy atom. The molecule has 4 rings (SSSR count). The minimum Gasteiger partial charge on any atom is -0.511 e. The van der Waals surface area contributed by atoms with Crippen molar-refractivity contribution in [3.05, 3.63) is 82.6 Å². The zero-order valence-corrected chi connectivity index (χ0v) is 13.4. The van der Waals surface area contributed by atoms with Crippen LogP contribution in [0, 0.1) is 0 Å². The Balaban J connectivity index is 1.65. The second kappa shape index (κ2) is 5.92.